The van der Waals surface area contributed by atoms with Crippen molar-refractivity contribution in [3.63, 3.8) is 0 Å². The number of carbonyl (C=O) groups excluding carboxylic acids is 1. The van der Waals surface area contributed by atoms with Crippen molar-refractivity contribution in [2.75, 3.05) is 5.32 Å². The first kappa shape index (κ1) is 14.4. The monoisotopic (exact) mass is 298 g/mol. The average molecular weight is 298 g/mol. The molecule has 21 heavy (non-hydrogen) atoms. The number of phenolic OH excluding ortho intramolecular Hbond substituents is 1. The van der Waals surface area contributed by atoms with Crippen molar-refractivity contribution < 1.29 is 23.6 Å². The molecular weight excluding hydrogens is 290 g/mol. The van der Waals surface area contributed by atoms with Gasteiger partial charge in [-0.15, -0.1) is 0 Å². The van der Waals surface area contributed by atoms with Crippen LogP contribution in [0.15, 0.2) is 30.5 Å². The highest BCUT2D eigenvalue weighted by Gasteiger charge is 2.19. The number of amides is 1. The molecule has 0 atom stereocenters. The minimum absolute atomic E-state index is 0.146. The number of nitrogens with one attached hydrogen (secondary N) is 1. The molecule has 8 nitrogen and oxygen atoms in total. The van der Waals surface area contributed by atoms with E-state index in [0.717, 1.165) is 30.5 Å². The molecule has 1 amide bonds. The van der Waals surface area contributed by atoms with Gasteiger partial charge in [0.1, 0.15) is 11.4 Å². The SMILES string of the molecule is O=C(Nc1ccc([N+](=O)[O-])cc1O)c1ccnn1C(F)F. The lowest BCUT2D eigenvalue weighted by Gasteiger charge is -2.08. The quantitative estimate of drug-likeness (QED) is 0.510. The van der Waals surface area contributed by atoms with Gasteiger partial charge < -0.3 is 10.4 Å². The van der Waals surface area contributed by atoms with Crippen LogP contribution in [0.25, 0.3) is 0 Å². The summed E-state index contributed by atoms with van der Waals surface area (Å²) in [4.78, 5) is 21.6. The molecule has 0 unspecified atom stereocenters. The summed E-state index contributed by atoms with van der Waals surface area (Å²) in [6.07, 6.45) is 1.02. The van der Waals surface area contributed by atoms with Gasteiger partial charge in [0, 0.05) is 12.3 Å². The van der Waals surface area contributed by atoms with Gasteiger partial charge in [-0.1, -0.05) is 0 Å². The van der Waals surface area contributed by atoms with Crippen molar-refractivity contribution >= 4 is 17.3 Å². The van der Waals surface area contributed by atoms with E-state index in [0.29, 0.717) is 0 Å². The fraction of sp³-hybridized carbons (Fsp3) is 0.0909. The molecule has 2 rings (SSSR count). The standard InChI is InChI=1S/C11H8F2N4O4/c12-11(13)16-8(3-4-14-16)10(19)15-7-2-1-6(17(20)21)5-9(7)18/h1-5,11,18H,(H,15,19). The minimum atomic E-state index is -2.99. The molecule has 10 heteroatoms. The zero-order valence-electron chi connectivity index (χ0n) is 10.2. The Hall–Kier alpha value is -3.04. The number of alkyl halides is 2. The maximum Gasteiger partial charge on any atom is 0.333 e. The number of anilines is 1. The lowest BCUT2D eigenvalue weighted by Crippen LogP contribution is -2.18. The van der Waals surface area contributed by atoms with Crippen molar-refractivity contribution in [3.05, 3.63) is 46.3 Å². The van der Waals surface area contributed by atoms with Crippen molar-refractivity contribution in [3.8, 4) is 5.75 Å². The molecule has 0 radical (unpaired) electrons. The van der Waals surface area contributed by atoms with Crippen LogP contribution in [0, 0.1) is 10.1 Å². The molecule has 0 aliphatic heterocycles. The number of nitrogens with zero attached hydrogens (tertiary/aromatic N) is 3. The Morgan fingerprint density at radius 3 is 2.71 bits per heavy atom. The van der Waals surface area contributed by atoms with Gasteiger partial charge in [0.05, 0.1) is 16.7 Å². The number of hydrogen-bond acceptors (Lipinski definition) is 5. The summed E-state index contributed by atoms with van der Waals surface area (Å²) in [5.41, 5.74) is -0.932. The fourth-order valence-electron chi connectivity index (χ4n) is 1.58. The topological polar surface area (TPSA) is 110 Å². The van der Waals surface area contributed by atoms with Gasteiger partial charge in [-0.2, -0.15) is 18.6 Å². The van der Waals surface area contributed by atoms with E-state index in [2.05, 4.69) is 10.4 Å². The first-order valence-corrected chi connectivity index (χ1v) is 5.50. The third-order valence-corrected chi connectivity index (χ3v) is 2.53. The predicted octanol–water partition coefficient (Wildman–Crippen LogP) is 2.14. The first-order valence-electron chi connectivity index (χ1n) is 5.50. The summed E-state index contributed by atoms with van der Waals surface area (Å²) < 4.78 is 25.4. The molecule has 110 valence electrons. The number of non-ortho nitro benzene ring substituents is 1. The van der Waals surface area contributed by atoms with E-state index < -0.39 is 28.8 Å². The summed E-state index contributed by atoms with van der Waals surface area (Å²) in [6, 6.07) is 4.05. The number of carbonyl (C=O) groups is 1. The van der Waals surface area contributed by atoms with Crippen LogP contribution in [0.5, 0.6) is 5.75 Å². The van der Waals surface area contributed by atoms with Crippen LogP contribution in [-0.2, 0) is 0 Å². The second-order valence-corrected chi connectivity index (χ2v) is 3.85. The second kappa shape index (κ2) is 5.53. The van der Waals surface area contributed by atoms with Gasteiger partial charge in [-0.05, 0) is 12.1 Å². The second-order valence-electron chi connectivity index (χ2n) is 3.85. The number of rotatable bonds is 4. The molecule has 1 aromatic carbocycles. The molecule has 2 N–H and O–H groups in total. The summed E-state index contributed by atoms with van der Waals surface area (Å²) in [7, 11) is 0. The number of benzene rings is 1. The fourth-order valence-corrected chi connectivity index (χ4v) is 1.58. The van der Waals surface area contributed by atoms with Crippen LogP contribution in [0.4, 0.5) is 20.2 Å². The smallest absolute Gasteiger partial charge is 0.333 e. The Morgan fingerprint density at radius 2 is 2.14 bits per heavy atom. The highest BCUT2D eigenvalue weighted by Crippen LogP contribution is 2.28. The maximum absolute atomic E-state index is 12.6. The van der Waals surface area contributed by atoms with Gasteiger partial charge in [0.25, 0.3) is 11.6 Å². The molecule has 0 aliphatic rings. The average Bonchev–Trinajstić information content (AvgIpc) is 2.90. The van der Waals surface area contributed by atoms with Gasteiger partial charge in [0.15, 0.2) is 0 Å². The van der Waals surface area contributed by atoms with E-state index in [-0.39, 0.29) is 16.1 Å². The van der Waals surface area contributed by atoms with Crippen molar-refractivity contribution in [1.29, 1.82) is 0 Å². The highest BCUT2D eigenvalue weighted by atomic mass is 19.3. The predicted molar refractivity (Wildman–Crippen MR) is 66.2 cm³/mol. The Morgan fingerprint density at radius 1 is 1.43 bits per heavy atom. The van der Waals surface area contributed by atoms with Crippen LogP contribution in [0.1, 0.15) is 17.0 Å². The van der Waals surface area contributed by atoms with E-state index in [1.807, 2.05) is 0 Å². The zero-order valence-corrected chi connectivity index (χ0v) is 10.2. The maximum atomic E-state index is 12.6. The zero-order chi connectivity index (χ0) is 15.6. The first-order chi connectivity index (χ1) is 9.90. The van der Waals surface area contributed by atoms with Gasteiger partial charge in [-0.3, -0.25) is 14.9 Å². The lowest BCUT2D eigenvalue weighted by atomic mass is 10.2. The minimum Gasteiger partial charge on any atom is -0.506 e. The van der Waals surface area contributed by atoms with Crippen LogP contribution in [0.3, 0.4) is 0 Å². The molecule has 0 saturated heterocycles. The summed E-state index contributed by atoms with van der Waals surface area (Å²) in [5.74, 6) is -1.49. The van der Waals surface area contributed by atoms with E-state index in [1.165, 1.54) is 0 Å². The van der Waals surface area contributed by atoms with Gasteiger partial charge >= 0.3 is 6.55 Å². The number of phenols is 1. The van der Waals surface area contributed by atoms with Crippen LogP contribution < -0.4 is 5.32 Å². The number of nitro groups is 1. The van der Waals surface area contributed by atoms with E-state index in [4.69, 9.17) is 0 Å². The van der Waals surface area contributed by atoms with Gasteiger partial charge in [-0.25, -0.2) is 0 Å². The number of aromatic hydroxyl groups is 1. The van der Waals surface area contributed by atoms with Crippen LogP contribution in [-0.4, -0.2) is 25.7 Å². The normalized spacial score (nSPS) is 10.6. The molecule has 0 saturated carbocycles. The number of aromatic nitrogens is 2. The molecule has 2 aromatic rings. The van der Waals surface area contributed by atoms with Crippen molar-refractivity contribution in [1.82, 2.24) is 9.78 Å². The molecule has 1 heterocycles. The Bertz CT molecular complexity index is 701. The third kappa shape index (κ3) is 2.94. The Labute approximate surface area is 115 Å². The largest absolute Gasteiger partial charge is 0.506 e. The summed E-state index contributed by atoms with van der Waals surface area (Å²) in [6.45, 7) is -2.99. The van der Waals surface area contributed by atoms with Crippen LogP contribution in [0.2, 0.25) is 0 Å². The van der Waals surface area contributed by atoms with Crippen molar-refractivity contribution in [2.24, 2.45) is 0 Å². The lowest BCUT2D eigenvalue weighted by molar-refractivity contribution is -0.384. The number of hydrogen-bond donors (Lipinski definition) is 2. The van der Waals surface area contributed by atoms with E-state index >= 15 is 0 Å². The third-order valence-electron chi connectivity index (χ3n) is 2.53. The number of halogens is 2. The Balaban J connectivity index is 2.24. The molecule has 0 bridgehead atoms. The molecule has 0 spiro atoms. The Kier molecular flexibility index (Phi) is 3.78. The molecule has 1 aromatic heterocycles. The van der Waals surface area contributed by atoms with E-state index in [1.54, 1.807) is 0 Å². The molecule has 0 fully saturated rings. The summed E-state index contributed by atoms with van der Waals surface area (Å²) >= 11 is 0. The summed E-state index contributed by atoms with van der Waals surface area (Å²) in [5, 5.41) is 25.5. The van der Waals surface area contributed by atoms with Crippen molar-refractivity contribution in [2.45, 2.75) is 6.55 Å². The highest BCUT2D eigenvalue weighted by molar-refractivity contribution is 6.03. The van der Waals surface area contributed by atoms with Gasteiger partial charge in [0.2, 0.25) is 0 Å². The molecule has 0 aliphatic carbocycles. The number of nitro benzene ring substituents is 1. The van der Waals surface area contributed by atoms with Crippen LogP contribution >= 0.6 is 0 Å². The molecular formula is C11H8F2N4O4. The van der Waals surface area contributed by atoms with E-state index in [9.17, 15) is 28.8 Å².